The highest BCUT2D eigenvalue weighted by Gasteiger charge is 2.27. The van der Waals surface area contributed by atoms with E-state index in [0.717, 1.165) is 11.3 Å². The molecule has 3 rings (SSSR count). The fourth-order valence-corrected chi connectivity index (χ4v) is 2.91. The second-order valence-corrected chi connectivity index (χ2v) is 6.25. The summed E-state index contributed by atoms with van der Waals surface area (Å²) in [7, 11) is 1.64. The monoisotopic (exact) mass is 365 g/mol. The number of hydrogen-bond acceptors (Lipinski definition) is 5. The molecule has 0 unspecified atom stereocenters. The van der Waals surface area contributed by atoms with Gasteiger partial charge in [-0.1, -0.05) is 24.3 Å². The van der Waals surface area contributed by atoms with E-state index in [0.29, 0.717) is 5.56 Å². The lowest BCUT2D eigenvalue weighted by Crippen LogP contribution is -2.30. The molecule has 0 bridgehead atoms. The van der Waals surface area contributed by atoms with Crippen LogP contribution in [0.2, 0.25) is 0 Å². The molecule has 27 heavy (non-hydrogen) atoms. The maximum Gasteiger partial charge on any atom is 0.285 e. The highest BCUT2D eigenvalue weighted by molar-refractivity contribution is 5.98. The van der Waals surface area contributed by atoms with Crippen molar-refractivity contribution in [2.45, 2.75) is 19.9 Å². The molecule has 3 aromatic rings. The van der Waals surface area contributed by atoms with Crippen LogP contribution in [0, 0.1) is 17.0 Å². The fourth-order valence-electron chi connectivity index (χ4n) is 2.91. The van der Waals surface area contributed by atoms with Gasteiger partial charge in [-0.15, -0.1) is 0 Å². The summed E-state index contributed by atoms with van der Waals surface area (Å²) in [6.07, 6.45) is 3.06. The van der Waals surface area contributed by atoms with Crippen molar-refractivity contribution in [1.82, 2.24) is 19.7 Å². The summed E-state index contributed by atoms with van der Waals surface area (Å²) in [6, 6.07) is 12.1. The van der Waals surface area contributed by atoms with Gasteiger partial charge >= 0.3 is 0 Å². The minimum Gasteiger partial charge on any atom is -0.335 e. The van der Waals surface area contributed by atoms with E-state index in [1.165, 1.54) is 17.3 Å². The van der Waals surface area contributed by atoms with Crippen molar-refractivity contribution in [3.8, 4) is 5.69 Å². The predicted octanol–water partition coefficient (Wildman–Crippen LogP) is 3.32. The zero-order valence-electron chi connectivity index (χ0n) is 15.2. The van der Waals surface area contributed by atoms with Crippen molar-refractivity contribution in [3.05, 3.63) is 81.9 Å². The highest BCUT2D eigenvalue weighted by Crippen LogP contribution is 2.27. The molecule has 0 N–H and O–H groups in total. The van der Waals surface area contributed by atoms with Crippen molar-refractivity contribution in [1.29, 1.82) is 0 Å². The van der Waals surface area contributed by atoms with Crippen molar-refractivity contribution >= 4 is 11.6 Å². The molecule has 0 aliphatic heterocycles. The van der Waals surface area contributed by atoms with E-state index in [-0.39, 0.29) is 17.3 Å². The molecule has 8 nitrogen and oxygen atoms in total. The van der Waals surface area contributed by atoms with Crippen LogP contribution in [0.5, 0.6) is 0 Å². The predicted molar refractivity (Wildman–Crippen MR) is 99.7 cm³/mol. The maximum absolute atomic E-state index is 12.9. The van der Waals surface area contributed by atoms with Gasteiger partial charge in [0.05, 0.1) is 16.7 Å². The molecule has 0 fully saturated rings. The SMILES string of the molecule is Cc1cccc(C(=O)N(C)[C@@H](C)c2ccc(-n3cncn3)cc2)c1[N+](=O)[O-]. The lowest BCUT2D eigenvalue weighted by molar-refractivity contribution is -0.385. The number of hydrogen-bond donors (Lipinski definition) is 0. The summed E-state index contributed by atoms with van der Waals surface area (Å²) in [5.74, 6) is -0.391. The van der Waals surface area contributed by atoms with Gasteiger partial charge < -0.3 is 4.90 Å². The Kier molecular flexibility index (Phi) is 4.98. The van der Waals surface area contributed by atoms with Crippen LogP contribution in [0.1, 0.15) is 34.5 Å². The topological polar surface area (TPSA) is 94.2 Å². The average Bonchev–Trinajstić information content (AvgIpc) is 3.20. The Labute approximate surface area is 156 Å². The molecule has 1 aromatic heterocycles. The van der Waals surface area contributed by atoms with Crippen LogP contribution >= 0.6 is 0 Å². The summed E-state index contributed by atoms with van der Waals surface area (Å²) in [5, 5.41) is 15.5. The number of carbonyl (C=O) groups excluding carboxylic acids is 1. The number of aromatic nitrogens is 3. The molecule has 1 amide bonds. The number of nitro groups is 1. The van der Waals surface area contributed by atoms with Crippen LogP contribution in [0.4, 0.5) is 5.69 Å². The first-order valence-electron chi connectivity index (χ1n) is 8.36. The van der Waals surface area contributed by atoms with Gasteiger partial charge in [0.2, 0.25) is 0 Å². The average molecular weight is 365 g/mol. The Morgan fingerprint density at radius 1 is 1.22 bits per heavy atom. The van der Waals surface area contributed by atoms with Gasteiger partial charge in [-0.25, -0.2) is 9.67 Å². The Hall–Kier alpha value is -3.55. The van der Waals surface area contributed by atoms with E-state index >= 15 is 0 Å². The van der Waals surface area contributed by atoms with Crippen LogP contribution < -0.4 is 0 Å². The summed E-state index contributed by atoms with van der Waals surface area (Å²) in [4.78, 5) is 29.2. The Bertz CT molecular complexity index is 968. The largest absolute Gasteiger partial charge is 0.335 e. The Morgan fingerprint density at radius 3 is 2.52 bits per heavy atom. The van der Waals surface area contributed by atoms with Crippen molar-refractivity contribution < 1.29 is 9.72 Å². The van der Waals surface area contributed by atoms with E-state index < -0.39 is 10.8 Å². The summed E-state index contributed by atoms with van der Waals surface area (Å²) in [5.41, 5.74) is 2.16. The van der Waals surface area contributed by atoms with Gasteiger partial charge in [-0.2, -0.15) is 5.10 Å². The Morgan fingerprint density at radius 2 is 1.93 bits per heavy atom. The second kappa shape index (κ2) is 7.36. The highest BCUT2D eigenvalue weighted by atomic mass is 16.6. The number of amides is 1. The third-order valence-corrected chi connectivity index (χ3v) is 4.61. The minimum absolute atomic E-state index is 0.0913. The molecule has 0 radical (unpaired) electrons. The first-order chi connectivity index (χ1) is 12.9. The number of carbonyl (C=O) groups is 1. The number of rotatable bonds is 5. The van der Waals surface area contributed by atoms with Crippen molar-refractivity contribution in [2.24, 2.45) is 0 Å². The van der Waals surface area contributed by atoms with Crippen LogP contribution in [0.25, 0.3) is 5.69 Å². The van der Waals surface area contributed by atoms with E-state index in [2.05, 4.69) is 10.1 Å². The summed E-state index contributed by atoms with van der Waals surface area (Å²) >= 11 is 0. The molecule has 8 heteroatoms. The van der Waals surface area contributed by atoms with Crippen LogP contribution in [0.15, 0.2) is 55.1 Å². The number of nitro benzene ring substituents is 1. The van der Waals surface area contributed by atoms with E-state index in [4.69, 9.17) is 0 Å². The van der Waals surface area contributed by atoms with Crippen molar-refractivity contribution in [3.63, 3.8) is 0 Å². The van der Waals surface area contributed by atoms with Gasteiger partial charge in [0.25, 0.3) is 11.6 Å². The lowest BCUT2D eigenvalue weighted by Gasteiger charge is -2.25. The number of nitrogens with zero attached hydrogens (tertiary/aromatic N) is 5. The van der Waals surface area contributed by atoms with Gasteiger partial charge in [0.1, 0.15) is 18.2 Å². The molecule has 1 atom stereocenters. The molecule has 0 aliphatic carbocycles. The van der Waals surface area contributed by atoms with Crippen LogP contribution in [0.3, 0.4) is 0 Å². The zero-order chi connectivity index (χ0) is 19.6. The van der Waals surface area contributed by atoms with Gasteiger partial charge in [-0.05, 0) is 37.6 Å². The van der Waals surface area contributed by atoms with Gasteiger partial charge in [-0.3, -0.25) is 14.9 Å². The van der Waals surface area contributed by atoms with E-state index in [9.17, 15) is 14.9 Å². The van der Waals surface area contributed by atoms with Crippen molar-refractivity contribution in [2.75, 3.05) is 7.05 Å². The third-order valence-electron chi connectivity index (χ3n) is 4.61. The first-order valence-corrected chi connectivity index (χ1v) is 8.36. The Balaban J connectivity index is 1.85. The van der Waals surface area contributed by atoms with Crippen LogP contribution in [-0.2, 0) is 0 Å². The smallest absolute Gasteiger partial charge is 0.285 e. The number of benzene rings is 2. The van der Waals surface area contributed by atoms with Gasteiger partial charge in [0, 0.05) is 12.6 Å². The summed E-state index contributed by atoms with van der Waals surface area (Å²) in [6.45, 7) is 3.51. The molecule has 0 saturated carbocycles. The van der Waals surface area contributed by atoms with E-state index in [1.807, 2.05) is 31.2 Å². The second-order valence-electron chi connectivity index (χ2n) is 6.25. The van der Waals surface area contributed by atoms with Gasteiger partial charge in [0.15, 0.2) is 0 Å². The standard InChI is InChI=1S/C19H19N5O3/c1-13-5-4-6-17(18(13)24(26)27)19(25)22(3)14(2)15-7-9-16(10-8-15)23-12-20-11-21-23/h4-12,14H,1-3H3/t14-/m0/s1. The summed E-state index contributed by atoms with van der Waals surface area (Å²) < 4.78 is 1.64. The molecule has 138 valence electrons. The maximum atomic E-state index is 12.9. The quantitative estimate of drug-likeness (QED) is 0.511. The molecule has 0 spiro atoms. The normalized spacial score (nSPS) is 11.8. The number of aryl methyl sites for hydroxylation is 1. The molecular weight excluding hydrogens is 346 g/mol. The molecule has 1 heterocycles. The minimum atomic E-state index is -0.506. The molecular formula is C19H19N5O3. The molecule has 2 aromatic carbocycles. The molecule has 0 aliphatic rings. The lowest BCUT2D eigenvalue weighted by atomic mass is 10.0. The zero-order valence-corrected chi connectivity index (χ0v) is 15.2. The fraction of sp³-hybridized carbons (Fsp3) is 0.211. The number of para-hydroxylation sites is 1. The third kappa shape index (κ3) is 3.55. The molecule has 0 saturated heterocycles. The van der Waals surface area contributed by atoms with E-state index in [1.54, 1.807) is 37.1 Å². The first kappa shape index (κ1) is 18.2. The van der Waals surface area contributed by atoms with Crippen LogP contribution in [-0.4, -0.2) is 37.5 Å².